The minimum absolute atomic E-state index is 0.0507. The highest BCUT2D eigenvalue weighted by atomic mass is 16.4. The maximum Gasteiger partial charge on any atom is 0.326 e. The van der Waals surface area contributed by atoms with E-state index in [1.807, 2.05) is 23.8 Å². The summed E-state index contributed by atoms with van der Waals surface area (Å²) in [6.45, 7) is 2.81. The van der Waals surface area contributed by atoms with Gasteiger partial charge in [-0.05, 0) is 37.3 Å². The number of carboxylic acids is 1. The molecule has 1 fully saturated rings. The first-order chi connectivity index (χ1) is 10.1. The number of carboxylic acid groups (broad SMARTS) is 1. The van der Waals surface area contributed by atoms with Crippen molar-refractivity contribution in [3.8, 4) is 0 Å². The van der Waals surface area contributed by atoms with E-state index in [9.17, 15) is 14.7 Å². The summed E-state index contributed by atoms with van der Waals surface area (Å²) in [4.78, 5) is 23.9. The number of carbonyl (C=O) groups excluding carboxylic acids is 1. The van der Waals surface area contributed by atoms with Crippen LogP contribution < -0.4 is 5.32 Å². The van der Waals surface area contributed by atoms with Gasteiger partial charge < -0.3 is 15.0 Å². The fourth-order valence-corrected chi connectivity index (χ4v) is 3.12. The summed E-state index contributed by atoms with van der Waals surface area (Å²) >= 11 is 0. The van der Waals surface area contributed by atoms with Gasteiger partial charge in [-0.15, -0.1) is 0 Å². The van der Waals surface area contributed by atoms with Gasteiger partial charge in [0.05, 0.1) is 0 Å². The molecule has 1 aromatic rings. The summed E-state index contributed by atoms with van der Waals surface area (Å²) in [5, 5.41) is 12.2. The maximum absolute atomic E-state index is 12.4. The van der Waals surface area contributed by atoms with Gasteiger partial charge in [0.15, 0.2) is 0 Å². The average molecular weight is 292 g/mol. The van der Waals surface area contributed by atoms with Crippen molar-refractivity contribution in [2.24, 2.45) is 5.92 Å². The second kappa shape index (κ2) is 7.29. The Morgan fingerprint density at radius 2 is 2.10 bits per heavy atom. The molecule has 5 heteroatoms. The Kier molecular flexibility index (Phi) is 5.42. The molecule has 2 N–H and O–H groups in total. The van der Waals surface area contributed by atoms with Crippen molar-refractivity contribution in [1.29, 1.82) is 0 Å². The first-order valence-corrected chi connectivity index (χ1v) is 7.82. The number of aliphatic carboxylic acids is 1. The molecule has 1 saturated carbocycles. The van der Waals surface area contributed by atoms with Gasteiger partial charge in [-0.1, -0.05) is 26.2 Å². The largest absolute Gasteiger partial charge is 0.480 e. The van der Waals surface area contributed by atoms with Crippen molar-refractivity contribution in [3.63, 3.8) is 0 Å². The molecule has 0 saturated heterocycles. The van der Waals surface area contributed by atoms with Gasteiger partial charge in [-0.2, -0.15) is 0 Å². The molecule has 1 aromatic heterocycles. The summed E-state index contributed by atoms with van der Waals surface area (Å²) < 4.78 is 1.87. The number of hydrogen-bond acceptors (Lipinski definition) is 2. The van der Waals surface area contributed by atoms with Crippen LogP contribution in [0.15, 0.2) is 18.3 Å². The molecule has 0 bridgehead atoms. The number of rotatable bonds is 6. The van der Waals surface area contributed by atoms with Gasteiger partial charge in [0, 0.05) is 12.7 Å². The van der Waals surface area contributed by atoms with Crippen LogP contribution in [0.2, 0.25) is 0 Å². The zero-order valence-electron chi connectivity index (χ0n) is 12.5. The monoisotopic (exact) mass is 292 g/mol. The summed E-state index contributed by atoms with van der Waals surface area (Å²) in [6, 6.07) is 2.79. The topological polar surface area (TPSA) is 71.3 Å². The normalized spacial score (nSPS) is 17.4. The number of aromatic nitrogens is 1. The van der Waals surface area contributed by atoms with Crippen molar-refractivity contribution in [1.82, 2.24) is 9.88 Å². The van der Waals surface area contributed by atoms with E-state index in [2.05, 4.69) is 5.32 Å². The molecule has 0 aliphatic heterocycles. The van der Waals surface area contributed by atoms with Gasteiger partial charge in [-0.3, -0.25) is 4.79 Å². The minimum atomic E-state index is -0.927. The van der Waals surface area contributed by atoms with E-state index in [1.165, 1.54) is 0 Å². The number of aryl methyl sites for hydroxylation is 1. The van der Waals surface area contributed by atoms with E-state index in [0.29, 0.717) is 5.69 Å². The van der Waals surface area contributed by atoms with E-state index >= 15 is 0 Å². The Hall–Kier alpha value is -1.78. The molecule has 1 unspecified atom stereocenters. The van der Waals surface area contributed by atoms with Crippen LogP contribution in [0.4, 0.5) is 0 Å². The van der Waals surface area contributed by atoms with Gasteiger partial charge >= 0.3 is 5.97 Å². The van der Waals surface area contributed by atoms with Crippen LogP contribution in [0, 0.1) is 5.92 Å². The lowest BCUT2D eigenvalue weighted by Crippen LogP contribution is -2.47. The molecule has 1 atom stereocenters. The maximum atomic E-state index is 12.4. The van der Waals surface area contributed by atoms with Crippen LogP contribution in [0.25, 0.3) is 0 Å². The third-order valence-electron chi connectivity index (χ3n) is 4.20. The molecular formula is C16H24N2O3. The predicted octanol–water partition coefficient (Wildman–Crippen LogP) is 2.66. The molecule has 116 valence electrons. The Morgan fingerprint density at radius 3 is 2.71 bits per heavy atom. The molecule has 5 nitrogen and oxygen atoms in total. The average Bonchev–Trinajstić information content (AvgIpc) is 2.94. The van der Waals surface area contributed by atoms with Crippen LogP contribution in [0.5, 0.6) is 0 Å². The fourth-order valence-electron chi connectivity index (χ4n) is 3.12. The lowest BCUT2D eigenvalue weighted by Gasteiger charge is -2.28. The Morgan fingerprint density at radius 1 is 1.38 bits per heavy atom. The molecule has 0 radical (unpaired) electrons. The van der Waals surface area contributed by atoms with Crippen LogP contribution in [0.1, 0.15) is 55.9 Å². The molecule has 0 spiro atoms. The zero-order valence-corrected chi connectivity index (χ0v) is 12.5. The Labute approximate surface area is 125 Å². The number of nitrogens with one attached hydrogen (secondary N) is 1. The second-order valence-corrected chi connectivity index (χ2v) is 5.77. The van der Waals surface area contributed by atoms with E-state index in [1.54, 1.807) is 6.07 Å². The first kappa shape index (κ1) is 15.6. The summed E-state index contributed by atoms with van der Waals surface area (Å²) in [7, 11) is 0. The zero-order chi connectivity index (χ0) is 15.2. The SMILES string of the molecule is CCCn1cccc1C(=O)NC(C(=O)O)C1CCCCC1. The smallest absolute Gasteiger partial charge is 0.326 e. The lowest BCUT2D eigenvalue weighted by atomic mass is 9.84. The van der Waals surface area contributed by atoms with Crippen molar-refractivity contribution in [2.45, 2.75) is 58.0 Å². The van der Waals surface area contributed by atoms with Crippen molar-refractivity contribution >= 4 is 11.9 Å². The molecular weight excluding hydrogens is 268 g/mol. The van der Waals surface area contributed by atoms with Crippen LogP contribution in [-0.4, -0.2) is 27.6 Å². The number of amides is 1. The van der Waals surface area contributed by atoms with E-state index in [0.717, 1.165) is 45.1 Å². The van der Waals surface area contributed by atoms with Crippen LogP contribution in [0.3, 0.4) is 0 Å². The van der Waals surface area contributed by atoms with Crippen molar-refractivity contribution in [2.75, 3.05) is 0 Å². The van der Waals surface area contributed by atoms with Crippen molar-refractivity contribution in [3.05, 3.63) is 24.0 Å². The lowest BCUT2D eigenvalue weighted by molar-refractivity contribution is -0.141. The molecule has 2 rings (SSSR count). The highest BCUT2D eigenvalue weighted by Gasteiger charge is 2.31. The minimum Gasteiger partial charge on any atom is -0.480 e. The molecule has 1 amide bonds. The van der Waals surface area contributed by atoms with Crippen molar-refractivity contribution < 1.29 is 14.7 Å². The van der Waals surface area contributed by atoms with E-state index in [-0.39, 0.29) is 11.8 Å². The third kappa shape index (κ3) is 3.86. The molecule has 1 aliphatic rings. The summed E-state index contributed by atoms with van der Waals surface area (Å²) in [6.07, 6.45) is 7.82. The van der Waals surface area contributed by atoms with Gasteiger partial charge in [0.2, 0.25) is 0 Å². The highest BCUT2D eigenvalue weighted by molar-refractivity contribution is 5.95. The first-order valence-electron chi connectivity index (χ1n) is 7.82. The van der Waals surface area contributed by atoms with Crippen LogP contribution in [-0.2, 0) is 11.3 Å². The number of nitrogens with zero attached hydrogens (tertiary/aromatic N) is 1. The molecule has 0 aromatic carbocycles. The van der Waals surface area contributed by atoms with Gasteiger partial charge in [0.25, 0.3) is 5.91 Å². The number of hydrogen-bond donors (Lipinski definition) is 2. The Bertz CT molecular complexity index is 489. The third-order valence-corrected chi connectivity index (χ3v) is 4.20. The highest BCUT2D eigenvalue weighted by Crippen LogP contribution is 2.26. The summed E-state index contributed by atoms with van der Waals surface area (Å²) in [5.74, 6) is -1.16. The van der Waals surface area contributed by atoms with Gasteiger partial charge in [0.1, 0.15) is 11.7 Å². The molecule has 1 heterocycles. The van der Waals surface area contributed by atoms with Gasteiger partial charge in [-0.25, -0.2) is 4.79 Å². The molecule has 1 aliphatic carbocycles. The second-order valence-electron chi connectivity index (χ2n) is 5.77. The standard InChI is InChI=1S/C16H24N2O3/c1-2-10-18-11-6-9-13(18)15(19)17-14(16(20)21)12-7-4-3-5-8-12/h6,9,11-12,14H,2-5,7-8,10H2,1H3,(H,17,19)(H,20,21). The number of carbonyl (C=O) groups is 2. The predicted molar refractivity (Wildman–Crippen MR) is 80.2 cm³/mol. The van der Waals surface area contributed by atoms with Crippen LogP contribution >= 0.6 is 0 Å². The summed E-state index contributed by atoms with van der Waals surface area (Å²) in [5.41, 5.74) is 0.541. The van der Waals surface area contributed by atoms with E-state index in [4.69, 9.17) is 0 Å². The Balaban J connectivity index is 2.07. The quantitative estimate of drug-likeness (QED) is 0.846. The molecule has 21 heavy (non-hydrogen) atoms. The fraction of sp³-hybridized carbons (Fsp3) is 0.625. The van der Waals surface area contributed by atoms with E-state index < -0.39 is 12.0 Å².